The average molecular weight is 373 g/mol. The van der Waals surface area contributed by atoms with Gasteiger partial charge in [0.2, 0.25) is 5.91 Å². The standard InChI is InChI=1S/C19H23N3O3S/c1-15-4-7-17(8-5-15)26(24,25)13-10-19(23)21-16-6-9-18(20-14-16)22-11-2-3-12-22/h4-9,14H,2-3,10-13H2,1H3,(H,21,23). The fourth-order valence-corrected chi connectivity index (χ4v) is 4.15. The first-order chi connectivity index (χ1) is 12.4. The third-order valence-electron chi connectivity index (χ3n) is 4.44. The second-order valence-corrected chi connectivity index (χ2v) is 8.64. The minimum Gasteiger partial charge on any atom is -0.357 e. The highest BCUT2D eigenvalue weighted by Crippen LogP contribution is 2.19. The molecule has 2 aromatic rings. The van der Waals surface area contributed by atoms with Gasteiger partial charge in [-0.15, -0.1) is 0 Å². The molecule has 1 N–H and O–H groups in total. The number of amides is 1. The number of hydrogen-bond acceptors (Lipinski definition) is 5. The second kappa shape index (κ2) is 7.86. The van der Waals surface area contributed by atoms with E-state index in [0.717, 1.165) is 24.5 Å². The lowest BCUT2D eigenvalue weighted by Gasteiger charge is -2.16. The van der Waals surface area contributed by atoms with E-state index in [1.807, 2.05) is 13.0 Å². The Balaban J connectivity index is 1.54. The first-order valence-corrected chi connectivity index (χ1v) is 10.4. The first kappa shape index (κ1) is 18.4. The van der Waals surface area contributed by atoms with E-state index in [-0.39, 0.29) is 23.0 Å². The minimum atomic E-state index is -3.47. The van der Waals surface area contributed by atoms with Crippen molar-refractivity contribution in [2.45, 2.75) is 31.1 Å². The predicted octanol–water partition coefficient (Wildman–Crippen LogP) is 2.79. The SMILES string of the molecule is Cc1ccc(S(=O)(=O)CCC(=O)Nc2ccc(N3CCCC3)nc2)cc1. The van der Waals surface area contributed by atoms with Gasteiger partial charge in [-0.1, -0.05) is 17.7 Å². The molecule has 138 valence electrons. The predicted molar refractivity (Wildman–Crippen MR) is 102 cm³/mol. The lowest BCUT2D eigenvalue weighted by Crippen LogP contribution is -2.19. The van der Waals surface area contributed by atoms with Gasteiger partial charge >= 0.3 is 0 Å². The number of nitrogens with one attached hydrogen (secondary N) is 1. The number of aryl methyl sites for hydroxylation is 1. The molecule has 6 nitrogen and oxygen atoms in total. The normalized spacial score (nSPS) is 14.4. The molecule has 26 heavy (non-hydrogen) atoms. The molecular formula is C19H23N3O3S. The number of aromatic nitrogens is 1. The van der Waals surface area contributed by atoms with Crippen molar-refractivity contribution in [1.29, 1.82) is 0 Å². The number of pyridine rings is 1. The Morgan fingerprint density at radius 2 is 1.81 bits per heavy atom. The van der Waals surface area contributed by atoms with Crippen molar-refractivity contribution < 1.29 is 13.2 Å². The Hall–Kier alpha value is -2.41. The largest absolute Gasteiger partial charge is 0.357 e. The van der Waals surface area contributed by atoms with E-state index in [4.69, 9.17) is 0 Å². The fourth-order valence-electron chi connectivity index (χ4n) is 2.91. The van der Waals surface area contributed by atoms with Crippen molar-refractivity contribution in [3.8, 4) is 0 Å². The summed E-state index contributed by atoms with van der Waals surface area (Å²) >= 11 is 0. The van der Waals surface area contributed by atoms with E-state index >= 15 is 0 Å². The third-order valence-corrected chi connectivity index (χ3v) is 6.17. The van der Waals surface area contributed by atoms with Gasteiger partial charge < -0.3 is 10.2 Å². The Kier molecular flexibility index (Phi) is 5.56. The zero-order valence-corrected chi connectivity index (χ0v) is 15.6. The van der Waals surface area contributed by atoms with E-state index < -0.39 is 9.84 Å². The minimum absolute atomic E-state index is 0.0932. The lowest BCUT2D eigenvalue weighted by atomic mass is 10.2. The van der Waals surface area contributed by atoms with Gasteiger partial charge in [-0.25, -0.2) is 13.4 Å². The first-order valence-electron chi connectivity index (χ1n) is 8.74. The molecule has 0 spiro atoms. The molecule has 0 unspecified atom stereocenters. The summed E-state index contributed by atoms with van der Waals surface area (Å²) in [6, 6.07) is 10.3. The van der Waals surface area contributed by atoms with Crippen molar-refractivity contribution in [2.24, 2.45) is 0 Å². The second-order valence-electron chi connectivity index (χ2n) is 6.53. The zero-order valence-electron chi connectivity index (χ0n) is 14.8. The highest BCUT2D eigenvalue weighted by atomic mass is 32.2. The van der Waals surface area contributed by atoms with Crippen LogP contribution in [0.3, 0.4) is 0 Å². The Morgan fingerprint density at radius 1 is 1.12 bits per heavy atom. The fraction of sp³-hybridized carbons (Fsp3) is 0.368. The summed E-state index contributed by atoms with van der Waals surface area (Å²) in [6.45, 7) is 3.91. The summed E-state index contributed by atoms with van der Waals surface area (Å²) in [5.74, 6) is 0.347. The topological polar surface area (TPSA) is 79.4 Å². The summed E-state index contributed by atoms with van der Waals surface area (Å²) in [7, 11) is -3.47. The maximum Gasteiger partial charge on any atom is 0.225 e. The van der Waals surface area contributed by atoms with Crippen LogP contribution in [0.1, 0.15) is 24.8 Å². The number of hydrogen-bond donors (Lipinski definition) is 1. The van der Waals surface area contributed by atoms with E-state index in [1.54, 1.807) is 36.5 Å². The highest BCUT2D eigenvalue weighted by molar-refractivity contribution is 7.91. The average Bonchev–Trinajstić information content (AvgIpc) is 3.16. The van der Waals surface area contributed by atoms with Crippen LogP contribution in [0.15, 0.2) is 47.5 Å². The van der Waals surface area contributed by atoms with E-state index in [1.165, 1.54) is 12.8 Å². The molecule has 1 aromatic heterocycles. The number of carbonyl (C=O) groups excluding carboxylic acids is 1. The molecular weight excluding hydrogens is 350 g/mol. The Labute approximate surface area is 154 Å². The molecule has 0 atom stereocenters. The summed E-state index contributed by atoms with van der Waals surface area (Å²) in [4.78, 5) is 18.9. The maximum atomic E-state index is 12.3. The Bertz CT molecular complexity index is 856. The smallest absolute Gasteiger partial charge is 0.225 e. The van der Waals surface area contributed by atoms with Gasteiger partial charge in [0.15, 0.2) is 9.84 Å². The molecule has 7 heteroatoms. The van der Waals surface area contributed by atoms with Crippen LogP contribution in [0.25, 0.3) is 0 Å². The van der Waals surface area contributed by atoms with Crippen molar-refractivity contribution in [2.75, 3.05) is 29.1 Å². The van der Waals surface area contributed by atoms with Crippen LogP contribution in [-0.2, 0) is 14.6 Å². The molecule has 0 aliphatic carbocycles. The van der Waals surface area contributed by atoms with Gasteiger partial charge in [-0.2, -0.15) is 0 Å². The van der Waals surface area contributed by atoms with Crippen molar-refractivity contribution in [3.63, 3.8) is 0 Å². The maximum absolute atomic E-state index is 12.3. The molecule has 2 heterocycles. The quantitative estimate of drug-likeness (QED) is 0.842. The molecule has 1 aliphatic rings. The third kappa shape index (κ3) is 4.60. The van der Waals surface area contributed by atoms with Crippen LogP contribution in [0.2, 0.25) is 0 Å². The molecule has 0 saturated carbocycles. The van der Waals surface area contributed by atoms with Gasteiger partial charge in [0, 0.05) is 19.5 Å². The number of benzene rings is 1. The van der Waals surface area contributed by atoms with Crippen LogP contribution in [0, 0.1) is 6.92 Å². The Morgan fingerprint density at radius 3 is 2.42 bits per heavy atom. The van der Waals surface area contributed by atoms with E-state index in [0.29, 0.717) is 5.69 Å². The molecule has 1 aromatic carbocycles. The van der Waals surface area contributed by atoms with Crippen molar-refractivity contribution in [1.82, 2.24) is 4.98 Å². The van der Waals surface area contributed by atoms with Gasteiger partial charge in [0.25, 0.3) is 0 Å². The van der Waals surface area contributed by atoms with Gasteiger partial charge in [0.05, 0.1) is 22.5 Å². The number of rotatable bonds is 6. The number of sulfone groups is 1. The lowest BCUT2D eigenvalue weighted by molar-refractivity contribution is -0.115. The molecule has 0 bridgehead atoms. The molecule has 0 radical (unpaired) electrons. The van der Waals surface area contributed by atoms with E-state index in [9.17, 15) is 13.2 Å². The van der Waals surface area contributed by atoms with Gasteiger partial charge in [-0.05, 0) is 44.0 Å². The molecule has 1 saturated heterocycles. The number of nitrogens with zero attached hydrogens (tertiary/aromatic N) is 2. The molecule has 1 fully saturated rings. The zero-order chi connectivity index (χ0) is 18.6. The molecule has 1 aliphatic heterocycles. The van der Waals surface area contributed by atoms with Crippen LogP contribution in [-0.4, -0.2) is 38.2 Å². The van der Waals surface area contributed by atoms with Crippen LogP contribution in [0.4, 0.5) is 11.5 Å². The summed E-state index contributed by atoms with van der Waals surface area (Å²) in [5.41, 5.74) is 1.57. The van der Waals surface area contributed by atoms with Crippen molar-refractivity contribution >= 4 is 27.2 Å². The molecule has 3 rings (SSSR count). The monoisotopic (exact) mass is 373 g/mol. The van der Waals surface area contributed by atoms with Gasteiger partial charge in [0.1, 0.15) is 5.82 Å². The molecule has 1 amide bonds. The summed E-state index contributed by atoms with van der Waals surface area (Å²) in [6.07, 6.45) is 3.87. The van der Waals surface area contributed by atoms with Gasteiger partial charge in [-0.3, -0.25) is 4.79 Å². The van der Waals surface area contributed by atoms with Crippen LogP contribution >= 0.6 is 0 Å². The summed E-state index contributed by atoms with van der Waals surface area (Å²) in [5, 5.41) is 2.71. The highest BCUT2D eigenvalue weighted by Gasteiger charge is 2.17. The summed E-state index contributed by atoms with van der Waals surface area (Å²) < 4.78 is 24.6. The number of carbonyl (C=O) groups is 1. The van der Waals surface area contributed by atoms with E-state index in [2.05, 4.69) is 15.2 Å². The van der Waals surface area contributed by atoms with Crippen LogP contribution in [0.5, 0.6) is 0 Å². The van der Waals surface area contributed by atoms with Crippen molar-refractivity contribution in [3.05, 3.63) is 48.2 Å². The van der Waals surface area contributed by atoms with Crippen LogP contribution < -0.4 is 10.2 Å². The number of anilines is 2.